The highest BCUT2D eigenvalue weighted by Gasteiger charge is 2.06. The number of fused-ring (bicyclic) bond motifs is 1. The fraction of sp³-hybridized carbons (Fsp3) is 0.400. The summed E-state index contributed by atoms with van der Waals surface area (Å²) >= 11 is 8.68. The molecule has 0 amide bonds. The number of halogens is 1. The van der Waals surface area contributed by atoms with Gasteiger partial charge in [0.25, 0.3) is 0 Å². The molecule has 2 rings (SSSR count). The summed E-state index contributed by atoms with van der Waals surface area (Å²) in [6.07, 6.45) is 1.79. The van der Waals surface area contributed by atoms with Gasteiger partial charge >= 0.3 is 0 Å². The summed E-state index contributed by atoms with van der Waals surface area (Å²) in [6.45, 7) is 1.79. The number of hydrogen-bond acceptors (Lipinski definition) is 3. The summed E-state index contributed by atoms with van der Waals surface area (Å²) in [5.41, 5.74) is 1.88. The van der Waals surface area contributed by atoms with Crippen molar-refractivity contribution in [1.29, 1.82) is 0 Å². The summed E-state index contributed by atoms with van der Waals surface area (Å²) in [6, 6.07) is 1.99. The van der Waals surface area contributed by atoms with Crippen molar-refractivity contribution in [2.75, 3.05) is 20.6 Å². The van der Waals surface area contributed by atoms with Crippen LogP contribution < -0.4 is 0 Å². The number of nitrogens with zero attached hydrogens (tertiary/aromatic N) is 3. The van der Waals surface area contributed by atoms with Crippen molar-refractivity contribution < 1.29 is 0 Å². The van der Waals surface area contributed by atoms with Gasteiger partial charge in [0.1, 0.15) is 0 Å². The zero-order chi connectivity index (χ0) is 11.7. The number of hydrogen-bond donors (Lipinski definition) is 1. The Kier molecular flexibility index (Phi) is 3.41. The molecule has 0 saturated heterocycles. The predicted octanol–water partition coefficient (Wildman–Crippen LogP) is 2.42. The van der Waals surface area contributed by atoms with E-state index in [0.29, 0.717) is 0 Å². The second-order valence-electron chi connectivity index (χ2n) is 3.91. The lowest BCUT2D eigenvalue weighted by Crippen LogP contribution is -2.18. The molecule has 2 heterocycles. The molecule has 6 heteroatoms. The van der Waals surface area contributed by atoms with Crippen LogP contribution in [0.25, 0.3) is 11.2 Å². The summed E-state index contributed by atoms with van der Waals surface area (Å²) < 4.78 is 3.70. The van der Waals surface area contributed by atoms with Crippen LogP contribution in [0.15, 0.2) is 16.7 Å². The largest absolute Gasteiger partial charge is 0.329 e. The minimum Gasteiger partial charge on any atom is -0.329 e. The molecule has 0 aromatic carbocycles. The zero-order valence-electron chi connectivity index (χ0n) is 9.20. The smallest absolute Gasteiger partial charge is 0.179 e. The van der Waals surface area contributed by atoms with E-state index in [-0.39, 0.29) is 0 Å². The van der Waals surface area contributed by atoms with E-state index in [9.17, 15) is 0 Å². The van der Waals surface area contributed by atoms with Crippen molar-refractivity contribution >= 4 is 39.3 Å². The van der Waals surface area contributed by atoms with E-state index >= 15 is 0 Å². The first kappa shape index (κ1) is 11.8. The maximum atomic E-state index is 5.28. The van der Waals surface area contributed by atoms with Crippen LogP contribution in [0.3, 0.4) is 0 Å². The minimum absolute atomic E-state index is 0.724. The highest BCUT2D eigenvalue weighted by molar-refractivity contribution is 9.10. The second kappa shape index (κ2) is 4.65. The van der Waals surface area contributed by atoms with Gasteiger partial charge in [-0.25, -0.2) is 4.98 Å². The summed E-state index contributed by atoms with van der Waals surface area (Å²) in [5, 5.41) is 0. The number of pyridine rings is 1. The van der Waals surface area contributed by atoms with Crippen LogP contribution in [0.1, 0.15) is 0 Å². The highest BCUT2D eigenvalue weighted by atomic mass is 79.9. The quantitative estimate of drug-likeness (QED) is 0.885. The number of rotatable bonds is 3. The van der Waals surface area contributed by atoms with Gasteiger partial charge in [-0.3, -0.25) is 0 Å². The summed E-state index contributed by atoms with van der Waals surface area (Å²) in [4.78, 5) is 9.66. The second-order valence-corrected chi connectivity index (χ2v) is 5.21. The lowest BCUT2D eigenvalue weighted by atomic mass is 10.4. The van der Waals surface area contributed by atoms with Crippen LogP contribution in [-0.4, -0.2) is 40.1 Å². The Balaban J connectivity index is 2.44. The molecule has 0 radical (unpaired) electrons. The molecule has 0 fully saturated rings. The topological polar surface area (TPSA) is 36.9 Å². The number of H-pyrrole nitrogens is 1. The molecule has 1 N–H and O–H groups in total. The molecule has 16 heavy (non-hydrogen) atoms. The van der Waals surface area contributed by atoms with E-state index in [1.54, 1.807) is 6.20 Å². The lowest BCUT2D eigenvalue weighted by Gasteiger charge is -2.10. The van der Waals surface area contributed by atoms with Crippen molar-refractivity contribution in [3.05, 3.63) is 21.5 Å². The minimum atomic E-state index is 0.724. The van der Waals surface area contributed by atoms with Crippen LogP contribution >= 0.6 is 28.1 Å². The Morgan fingerprint density at radius 3 is 3.00 bits per heavy atom. The molecule has 2 aromatic rings. The SMILES string of the molecule is CN(C)CCn1c(=S)[nH]c2cc(Br)cnc21. The van der Waals surface area contributed by atoms with E-state index in [1.165, 1.54) is 0 Å². The van der Waals surface area contributed by atoms with Crippen molar-refractivity contribution in [2.45, 2.75) is 6.54 Å². The van der Waals surface area contributed by atoms with Gasteiger partial charge in [-0.15, -0.1) is 0 Å². The zero-order valence-corrected chi connectivity index (χ0v) is 11.6. The average Bonchev–Trinajstić information content (AvgIpc) is 2.50. The van der Waals surface area contributed by atoms with Crippen LogP contribution in [0.2, 0.25) is 0 Å². The first-order chi connectivity index (χ1) is 7.58. The molecule has 0 aliphatic carbocycles. The predicted molar refractivity (Wildman–Crippen MR) is 71.2 cm³/mol. The van der Waals surface area contributed by atoms with Gasteiger partial charge in [-0.05, 0) is 48.3 Å². The Labute approximate surface area is 107 Å². The molecule has 0 spiro atoms. The number of aromatic amines is 1. The third-order valence-electron chi connectivity index (χ3n) is 2.35. The maximum absolute atomic E-state index is 5.28. The lowest BCUT2D eigenvalue weighted by molar-refractivity contribution is 0.385. The van der Waals surface area contributed by atoms with Crippen molar-refractivity contribution in [3.8, 4) is 0 Å². The van der Waals surface area contributed by atoms with Gasteiger partial charge in [0.15, 0.2) is 10.4 Å². The maximum Gasteiger partial charge on any atom is 0.179 e. The highest BCUT2D eigenvalue weighted by Crippen LogP contribution is 2.16. The Hall–Kier alpha value is -0.720. The van der Waals surface area contributed by atoms with Crippen molar-refractivity contribution in [2.24, 2.45) is 0 Å². The standard InChI is InChI=1S/C10H13BrN4S/c1-14(2)3-4-15-9-8(13-10(15)16)5-7(11)6-12-9/h5-6H,3-4H2,1-2H3,(H,13,16). The Morgan fingerprint density at radius 2 is 2.31 bits per heavy atom. The number of imidazole rings is 1. The van der Waals surface area contributed by atoms with Gasteiger partial charge in [-0.1, -0.05) is 0 Å². The number of aromatic nitrogens is 3. The molecule has 0 saturated carbocycles. The molecule has 4 nitrogen and oxygen atoms in total. The fourth-order valence-electron chi connectivity index (χ4n) is 1.53. The molecular weight excluding hydrogens is 288 g/mol. The van der Waals surface area contributed by atoms with Crippen LogP contribution in [0, 0.1) is 4.77 Å². The summed E-state index contributed by atoms with van der Waals surface area (Å²) in [7, 11) is 4.09. The van der Waals surface area contributed by atoms with Crippen molar-refractivity contribution in [3.63, 3.8) is 0 Å². The molecule has 0 atom stereocenters. The average molecular weight is 301 g/mol. The third-order valence-corrected chi connectivity index (χ3v) is 3.10. The Morgan fingerprint density at radius 1 is 1.56 bits per heavy atom. The number of nitrogens with one attached hydrogen (secondary N) is 1. The molecule has 2 aromatic heterocycles. The van der Waals surface area contributed by atoms with E-state index in [2.05, 4.69) is 30.8 Å². The van der Waals surface area contributed by atoms with Crippen molar-refractivity contribution in [1.82, 2.24) is 19.4 Å². The van der Waals surface area contributed by atoms with E-state index in [4.69, 9.17) is 12.2 Å². The fourth-order valence-corrected chi connectivity index (χ4v) is 2.14. The van der Waals surface area contributed by atoms with Gasteiger partial charge in [0.05, 0.1) is 5.52 Å². The molecule has 0 unspecified atom stereocenters. The van der Waals surface area contributed by atoms with Gasteiger partial charge in [0.2, 0.25) is 0 Å². The molecule has 0 bridgehead atoms. The number of likely N-dealkylation sites (N-methyl/N-ethyl adjacent to an activating group) is 1. The first-order valence-electron chi connectivity index (χ1n) is 4.97. The summed E-state index contributed by atoms with van der Waals surface area (Å²) in [5.74, 6) is 0. The Bertz CT molecular complexity index is 557. The molecule has 0 aliphatic rings. The third kappa shape index (κ3) is 2.34. The van der Waals surface area contributed by atoms with Crippen LogP contribution in [0.4, 0.5) is 0 Å². The monoisotopic (exact) mass is 300 g/mol. The van der Waals surface area contributed by atoms with Gasteiger partial charge < -0.3 is 14.5 Å². The normalized spacial score (nSPS) is 11.5. The van der Waals surface area contributed by atoms with Crippen LogP contribution in [-0.2, 0) is 6.54 Å². The van der Waals surface area contributed by atoms with E-state index in [1.807, 2.05) is 24.7 Å². The molecule has 86 valence electrons. The molecular formula is C10H13BrN4S. The van der Waals surface area contributed by atoms with E-state index in [0.717, 1.165) is 33.5 Å². The van der Waals surface area contributed by atoms with Gasteiger partial charge in [-0.2, -0.15) is 0 Å². The van der Waals surface area contributed by atoms with E-state index < -0.39 is 0 Å². The van der Waals surface area contributed by atoms with Gasteiger partial charge in [0, 0.05) is 23.8 Å². The van der Waals surface area contributed by atoms with Crippen LogP contribution in [0.5, 0.6) is 0 Å². The molecule has 0 aliphatic heterocycles. The first-order valence-corrected chi connectivity index (χ1v) is 6.17.